The number of nitriles is 1. The lowest BCUT2D eigenvalue weighted by Crippen LogP contribution is -2.27. The molecule has 2 aliphatic rings. The minimum absolute atomic E-state index is 0.0460. The number of hydrogen-bond donors (Lipinski definition) is 1. The average molecular weight is 278 g/mol. The van der Waals surface area contributed by atoms with Crippen LogP contribution < -0.4 is 5.73 Å². The zero-order chi connectivity index (χ0) is 15.0. The largest absolute Gasteiger partial charge is 0.444 e. The summed E-state index contributed by atoms with van der Waals surface area (Å²) in [6, 6.07) is 11.5. The lowest BCUT2D eigenvalue weighted by Gasteiger charge is -2.31. The maximum Gasteiger partial charge on any atom is 0.205 e. The number of ketones is 1. The summed E-state index contributed by atoms with van der Waals surface area (Å²) in [6.07, 6.45) is 0.786. The van der Waals surface area contributed by atoms with Gasteiger partial charge < -0.3 is 10.5 Å². The first-order valence-corrected chi connectivity index (χ1v) is 6.67. The van der Waals surface area contributed by atoms with Gasteiger partial charge in [0.15, 0.2) is 5.78 Å². The van der Waals surface area contributed by atoms with Crippen molar-refractivity contribution in [3.05, 3.63) is 70.8 Å². The van der Waals surface area contributed by atoms with E-state index in [0.29, 0.717) is 29.7 Å². The lowest BCUT2D eigenvalue weighted by molar-refractivity contribution is -0.115. The van der Waals surface area contributed by atoms with Crippen molar-refractivity contribution in [2.75, 3.05) is 0 Å². The molecule has 0 saturated carbocycles. The van der Waals surface area contributed by atoms with Crippen LogP contribution in [0.2, 0.25) is 0 Å². The second kappa shape index (κ2) is 4.95. The van der Waals surface area contributed by atoms with Crippen LogP contribution >= 0.6 is 0 Å². The number of hydrogen-bond acceptors (Lipinski definition) is 4. The molecule has 3 rings (SSSR count). The van der Waals surface area contributed by atoms with Gasteiger partial charge in [0, 0.05) is 18.4 Å². The third-order valence-corrected chi connectivity index (χ3v) is 3.75. The molecule has 0 saturated heterocycles. The Hall–Kier alpha value is -2.80. The molecule has 0 amide bonds. The molecule has 21 heavy (non-hydrogen) atoms. The summed E-state index contributed by atoms with van der Waals surface area (Å²) in [4.78, 5) is 12.4. The highest BCUT2D eigenvalue weighted by Crippen LogP contribution is 2.43. The molecule has 2 N–H and O–H groups in total. The minimum Gasteiger partial charge on any atom is -0.444 e. The predicted octanol–water partition coefficient (Wildman–Crippen LogP) is 2.67. The number of allylic oxidation sites excluding steroid dienone is 3. The van der Waals surface area contributed by atoms with Crippen molar-refractivity contribution in [3.63, 3.8) is 0 Å². The Morgan fingerprint density at radius 3 is 2.67 bits per heavy atom. The van der Waals surface area contributed by atoms with E-state index in [1.54, 1.807) is 0 Å². The van der Waals surface area contributed by atoms with Crippen molar-refractivity contribution in [2.24, 2.45) is 5.73 Å². The van der Waals surface area contributed by atoms with Gasteiger partial charge in [-0.2, -0.15) is 5.26 Å². The first-order chi connectivity index (χ1) is 10.1. The van der Waals surface area contributed by atoms with Gasteiger partial charge in [0.1, 0.15) is 17.4 Å². The quantitative estimate of drug-likeness (QED) is 0.801. The highest BCUT2D eigenvalue weighted by atomic mass is 16.5. The molecule has 104 valence electrons. The summed E-state index contributed by atoms with van der Waals surface area (Å²) in [7, 11) is 0. The maximum atomic E-state index is 12.4. The zero-order valence-corrected chi connectivity index (χ0v) is 11.4. The number of ether oxygens (including phenoxy) is 1. The van der Waals surface area contributed by atoms with Gasteiger partial charge in [-0.3, -0.25) is 4.79 Å². The van der Waals surface area contributed by atoms with E-state index in [0.717, 1.165) is 11.1 Å². The van der Waals surface area contributed by atoms with Crippen molar-refractivity contribution in [1.82, 2.24) is 0 Å². The van der Waals surface area contributed by atoms with Crippen LogP contribution in [0.3, 0.4) is 0 Å². The Balaban J connectivity index is 2.20. The van der Waals surface area contributed by atoms with Crippen LogP contribution in [0.15, 0.2) is 65.3 Å². The van der Waals surface area contributed by atoms with Crippen molar-refractivity contribution in [1.29, 1.82) is 5.26 Å². The van der Waals surface area contributed by atoms with E-state index in [4.69, 9.17) is 10.5 Å². The molecule has 1 aromatic rings. The van der Waals surface area contributed by atoms with Crippen molar-refractivity contribution >= 4 is 5.78 Å². The first kappa shape index (κ1) is 13.2. The van der Waals surface area contributed by atoms with Gasteiger partial charge in [0.25, 0.3) is 0 Å². The summed E-state index contributed by atoms with van der Waals surface area (Å²) in [5.74, 6) is 0.116. The average Bonchev–Trinajstić information content (AvgIpc) is 2.46. The highest BCUT2D eigenvalue weighted by Gasteiger charge is 2.38. The van der Waals surface area contributed by atoms with Gasteiger partial charge in [-0.15, -0.1) is 0 Å². The smallest absolute Gasteiger partial charge is 0.205 e. The van der Waals surface area contributed by atoms with E-state index in [1.807, 2.05) is 30.3 Å². The predicted molar refractivity (Wildman–Crippen MR) is 77.5 cm³/mol. The second-order valence-electron chi connectivity index (χ2n) is 5.20. The second-order valence-corrected chi connectivity index (χ2v) is 5.20. The van der Waals surface area contributed by atoms with Gasteiger partial charge in [0.2, 0.25) is 5.88 Å². The normalized spacial score (nSPS) is 21.8. The van der Waals surface area contributed by atoms with E-state index < -0.39 is 5.92 Å². The SMILES string of the molecule is C=C1CC(=O)C2=C(C1)OC(N)=C(C#N)[C@H]2c1ccccc1. The van der Waals surface area contributed by atoms with E-state index in [1.165, 1.54) is 0 Å². The number of Topliss-reactive ketones (excluding diaryl/α,β-unsaturated/α-hetero) is 1. The first-order valence-electron chi connectivity index (χ1n) is 6.67. The van der Waals surface area contributed by atoms with Gasteiger partial charge in [-0.05, 0) is 5.56 Å². The van der Waals surface area contributed by atoms with Gasteiger partial charge in [0.05, 0.1) is 5.92 Å². The molecule has 4 heteroatoms. The molecular weight excluding hydrogens is 264 g/mol. The number of carbonyl (C=O) groups excluding carboxylic acids is 1. The van der Waals surface area contributed by atoms with E-state index >= 15 is 0 Å². The topological polar surface area (TPSA) is 76.1 Å². The van der Waals surface area contributed by atoms with E-state index in [9.17, 15) is 10.1 Å². The fraction of sp³-hybridized carbons (Fsp3) is 0.176. The van der Waals surface area contributed by atoms with Crippen LogP contribution in [0, 0.1) is 11.3 Å². The number of nitrogens with two attached hydrogens (primary N) is 1. The minimum atomic E-state index is -0.444. The summed E-state index contributed by atoms with van der Waals surface area (Å²) >= 11 is 0. The standard InChI is InChI=1S/C17H14N2O2/c1-10-7-13(20)16-14(8-10)21-17(19)12(9-18)15(16)11-5-3-2-4-6-11/h2-6,15H,1,7-8,19H2/t15-/m1/s1. The summed E-state index contributed by atoms with van der Waals surface area (Å²) in [6.45, 7) is 3.86. The van der Waals surface area contributed by atoms with Crippen molar-refractivity contribution in [2.45, 2.75) is 18.8 Å². The molecular formula is C17H14N2O2. The fourth-order valence-electron chi connectivity index (χ4n) is 2.85. The molecule has 1 heterocycles. The molecule has 0 radical (unpaired) electrons. The molecule has 0 bridgehead atoms. The van der Waals surface area contributed by atoms with Crippen LogP contribution in [-0.2, 0) is 9.53 Å². The maximum absolute atomic E-state index is 12.4. The number of benzene rings is 1. The molecule has 0 unspecified atom stereocenters. The number of carbonyl (C=O) groups is 1. The van der Waals surface area contributed by atoms with Gasteiger partial charge >= 0.3 is 0 Å². The Bertz CT molecular complexity index is 736. The van der Waals surface area contributed by atoms with Crippen molar-refractivity contribution in [3.8, 4) is 6.07 Å². The van der Waals surface area contributed by atoms with Crippen LogP contribution in [0.1, 0.15) is 24.3 Å². The summed E-state index contributed by atoms with van der Waals surface area (Å²) < 4.78 is 5.52. The molecule has 0 fully saturated rings. The molecule has 1 aliphatic heterocycles. The molecule has 1 aromatic carbocycles. The van der Waals surface area contributed by atoms with E-state index in [2.05, 4.69) is 12.6 Å². The Morgan fingerprint density at radius 1 is 1.29 bits per heavy atom. The summed E-state index contributed by atoms with van der Waals surface area (Å²) in [5.41, 5.74) is 8.38. The molecule has 1 aliphatic carbocycles. The zero-order valence-electron chi connectivity index (χ0n) is 11.4. The molecule has 0 aromatic heterocycles. The van der Waals surface area contributed by atoms with Crippen LogP contribution in [0.5, 0.6) is 0 Å². The van der Waals surface area contributed by atoms with Crippen LogP contribution in [-0.4, -0.2) is 5.78 Å². The van der Waals surface area contributed by atoms with E-state index in [-0.39, 0.29) is 11.7 Å². The van der Waals surface area contributed by atoms with Gasteiger partial charge in [-0.25, -0.2) is 0 Å². The monoisotopic (exact) mass is 278 g/mol. The number of rotatable bonds is 1. The molecule has 0 spiro atoms. The third-order valence-electron chi connectivity index (χ3n) is 3.75. The Morgan fingerprint density at radius 2 is 2.00 bits per heavy atom. The van der Waals surface area contributed by atoms with Crippen LogP contribution in [0.25, 0.3) is 0 Å². The highest BCUT2D eigenvalue weighted by molar-refractivity contribution is 6.01. The molecule has 1 atom stereocenters. The Kier molecular flexibility index (Phi) is 3.11. The van der Waals surface area contributed by atoms with Gasteiger partial charge in [-0.1, -0.05) is 42.5 Å². The fourth-order valence-corrected chi connectivity index (χ4v) is 2.85. The Labute approximate surface area is 122 Å². The van der Waals surface area contributed by atoms with Crippen molar-refractivity contribution < 1.29 is 9.53 Å². The summed E-state index contributed by atoms with van der Waals surface area (Å²) in [5, 5.41) is 9.40. The third kappa shape index (κ3) is 2.13. The number of nitrogens with zero attached hydrogens (tertiary/aromatic N) is 1. The van der Waals surface area contributed by atoms with Crippen LogP contribution in [0.4, 0.5) is 0 Å². The lowest BCUT2D eigenvalue weighted by atomic mass is 9.77. The molecule has 4 nitrogen and oxygen atoms in total.